The zero-order valence-corrected chi connectivity index (χ0v) is 22.8. The van der Waals surface area contributed by atoms with Gasteiger partial charge in [0, 0.05) is 44.2 Å². The van der Waals surface area contributed by atoms with E-state index < -0.39 is 23.3 Å². The summed E-state index contributed by atoms with van der Waals surface area (Å²) < 4.78 is 11.7. The Labute approximate surface area is 227 Å². The SMILES string of the molecule is CC(Oc1ccc(C#N)cn1)C1(C(=O)N2CCC(c3ccc(Cl)c(Cl)c3)C2)CCN1C(=O)OC(C)(C)C. The molecule has 3 heterocycles. The first-order chi connectivity index (χ1) is 17.4. The molecule has 0 N–H and O–H groups in total. The zero-order valence-electron chi connectivity index (χ0n) is 21.3. The van der Waals surface area contributed by atoms with Gasteiger partial charge in [-0.25, -0.2) is 9.78 Å². The van der Waals surface area contributed by atoms with Crippen LogP contribution in [0.3, 0.4) is 0 Å². The van der Waals surface area contributed by atoms with Crippen LogP contribution in [0.5, 0.6) is 5.88 Å². The highest BCUT2D eigenvalue weighted by Crippen LogP contribution is 2.41. The van der Waals surface area contributed by atoms with Crippen molar-refractivity contribution in [2.24, 2.45) is 0 Å². The van der Waals surface area contributed by atoms with Crippen LogP contribution >= 0.6 is 23.2 Å². The lowest BCUT2D eigenvalue weighted by atomic mass is 9.78. The molecule has 1 aromatic heterocycles. The number of amides is 2. The monoisotopic (exact) mass is 544 g/mol. The van der Waals surface area contributed by atoms with E-state index in [0.29, 0.717) is 41.7 Å². The summed E-state index contributed by atoms with van der Waals surface area (Å²) >= 11 is 12.3. The second kappa shape index (κ2) is 10.4. The standard InChI is InChI=1S/C27H30Cl2N4O4/c1-17(36-23-8-5-18(14-30)15-31-23)27(10-12-33(27)25(35)37-26(2,3)4)24(34)32-11-9-20(16-32)19-6-7-21(28)22(29)13-19/h5-8,13,15,17,20H,9-12,16H2,1-4H3. The predicted molar refractivity (Wildman–Crippen MR) is 140 cm³/mol. The fraction of sp³-hybridized carbons (Fsp3) is 0.481. The van der Waals surface area contributed by atoms with E-state index >= 15 is 0 Å². The molecule has 37 heavy (non-hydrogen) atoms. The molecule has 10 heteroatoms. The van der Waals surface area contributed by atoms with Crippen molar-refractivity contribution in [1.29, 1.82) is 5.26 Å². The number of hydrogen-bond donors (Lipinski definition) is 0. The van der Waals surface area contributed by atoms with Gasteiger partial charge in [0.25, 0.3) is 5.91 Å². The van der Waals surface area contributed by atoms with Gasteiger partial charge in [0.2, 0.25) is 5.88 Å². The molecule has 2 fully saturated rings. The summed E-state index contributed by atoms with van der Waals surface area (Å²) in [4.78, 5) is 34.8. The Balaban J connectivity index is 1.59. The van der Waals surface area contributed by atoms with Crippen molar-refractivity contribution in [2.75, 3.05) is 19.6 Å². The van der Waals surface area contributed by atoms with Crippen molar-refractivity contribution in [1.82, 2.24) is 14.8 Å². The maximum absolute atomic E-state index is 14.1. The van der Waals surface area contributed by atoms with Crippen molar-refractivity contribution in [3.63, 3.8) is 0 Å². The molecule has 0 aliphatic carbocycles. The fourth-order valence-corrected chi connectivity index (χ4v) is 5.21. The Hall–Kier alpha value is -3.02. The molecule has 0 spiro atoms. The Morgan fingerprint density at radius 2 is 1.95 bits per heavy atom. The third-order valence-electron chi connectivity index (χ3n) is 6.91. The molecule has 2 amide bonds. The Morgan fingerprint density at radius 1 is 1.19 bits per heavy atom. The lowest BCUT2D eigenvalue weighted by Gasteiger charge is -2.54. The number of hydrogen-bond acceptors (Lipinski definition) is 6. The van der Waals surface area contributed by atoms with Crippen LogP contribution < -0.4 is 4.74 Å². The number of carbonyl (C=O) groups is 2. The average molecular weight is 545 g/mol. The van der Waals surface area contributed by atoms with Gasteiger partial charge in [0.05, 0.1) is 15.6 Å². The van der Waals surface area contributed by atoms with E-state index in [4.69, 9.17) is 37.9 Å². The second-order valence-electron chi connectivity index (χ2n) is 10.5. The van der Waals surface area contributed by atoms with Crippen molar-refractivity contribution >= 4 is 35.2 Å². The Morgan fingerprint density at radius 3 is 2.51 bits per heavy atom. The van der Waals surface area contributed by atoms with E-state index in [1.807, 2.05) is 18.2 Å². The molecule has 4 rings (SSSR count). The summed E-state index contributed by atoms with van der Waals surface area (Å²) in [7, 11) is 0. The molecule has 1 aromatic carbocycles. The molecule has 0 radical (unpaired) electrons. The molecule has 0 bridgehead atoms. The molecule has 3 unspecified atom stereocenters. The molecule has 0 saturated carbocycles. The van der Waals surface area contributed by atoms with Gasteiger partial charge in [-0.15, -0.1) is 0 Å². The van der Waals surface area contributed by atoms with Gasteiger partial charge in [0.1, 0.15) is 17.8 Å². The van der Waals surface area contributed by atoms with E-state index in [0.717, 1.165) is 12.0 Å². The van der Waals surface area contributed by atoms with Gasteiger partial charge < -0.3 is 14.4 Å². The number of carbonyl (C=O) groups excluding carboxylic acids is 2. The van der Waals surface area contributed by atoms with Crippen LogP contribution in [0, 0.1) is 11.3 Å². The topological polar surface area (TPSA) is 95.8 Å². The fourth-order valence-electron chi connectivity index (χ4n) is 4.91. The van der Waals surface area contributed by atoms with Crippen LogP contribution in [-0.2, 0) is 9.53 Å². The van der Waals surface area contributed by atoms with Crippen molar-refractivity contribution < 1.29 is 19.1 Å². The number of rotatable bonds is 5. The highest BCUT2D eigenvalue weighted by atomic mass is 35.5. The Kier molecular flexibility index (Phi) is 7.59. The minimum absolute atomic E-state index is 0.0993. The third-order valence-corrected chi connectivity index (χ3v) is 7.65. The van der Waals surface area contributed by atoms with Crippen LogP contribution in [0.2, 0.25) is 10.0 Å². The van der Waals surface area contributed by atoms with Gasteiger partial charge in [-0.2, -0.15) is 5.26 Å². The van der Waals surface area contributed by atoms with E-state index in [1.54, 1.807) is 50.8 Å². The van der Waals surface area contributed by atoms with E-state index in [-0.39, 0.29) is 17.7 Å². The normalized spacial score (nSPS) is 22.1. The Bertz CT molecular complexity index is 1220. The van der Waals surface area contributed by atoms with E-state index in [1.165, 1.54) is 11.1 Å². The molecule has 2 aliphatic heterocycles. The summed E-state index contributed by atoms with van der Waals surface area (Å²) in [5, 5.41) is 10.0. The summed E-state index contributed by atoms with van der Waals surface area (Å²) in [6.07, 6.45) is 1.32. The first-order valence-electron chi connectivity index (χ1n) is 12.2. The summed E-state index contributed by atoms with van der Waals surface area (Å²) in [6, 6.07) is 10.7. The maximum atomic E-state index is 14.1. The number of nitriles is 1. The molecule has 8 nitrogen and oxygen atoms in total. The van der Waals surface area contributed by atoms with Crippen LogP contribution in [-0.4, -0.2) is 63.7 Å². The lowest BCUT2D eigenvalue weighted by molar-refractivity contribution is -0.162. The predicted octanol–water partition coefficient (Wildman–Crippen LogP) is 5.42. The van der Waals surface area contributed by atoms with Crippen LogP contribution in [0.15, 0.2) is 36.5 Å². The summed E-state index contributed by atoms with van der Waals surface area (Å²) in [6.45, 7) is 8.53. The van der Waals surface area contributed by atoms with E-state index in [9.17, 15) is 9.59 Å². The number of halogens is 2. The summed E-state index contributed by atoms with van der Waals surface area (Å²) in [5.41, 5.74) is -0.547. The van der Waals surface area contributed by atoms with Crippen LogP contribution in [0.1, 0.15) is 57.6 Å². The highest BCUT2D eigenvalue weighted by Gasteiger charge is 2.61. The smallest absolute Gasteiger partial charge is 0.411 e. The van der Waals surface area contributed by atoms with Gasteiger partial charge in [-0.1, -0.05) is 29.3 Å². The zero-order chi connectivity index (χ0) is 27.0. The first kappa shape index (κ1) is 27.0. The van der Waals surface area contributed by atoms with E-state index in [2.05, 4.69) is 4.98 Å². The largest absolute Gasteiger partial charge is 0.472 e. The van der Waals surface area contributed by atoms with Crippen molar-refractivity contribution in [3.05, 3.63) is 57.7 Å². The second-order valence-corrected chi connectivity index (χ2v) is 11.3. The van der Waals surface area contributed by atoms with Gasteiger partial charge in [0.15, 0.2) is 5.54 Å². The number of pyridine rings is 1. The number of likely N-dealkylation sites (tertiary alicyclic amines) is 2. The number of benzene rings is 1. The van der Waals surface area contributed by atoms with Crippen molar-refractivity contribution in [2.45, 2.75) is 63.7 Å². The number of ether oxygens (including phenoxy) is 2. The molecular formula is C27H30Cl2N4O4. The highest BCUT2D eigenvalue weighted by molar-refractivity contribution is 6.42. The lowest BCUT2D eigenvalue weighted by Crippen LogP contribution is -2.75. The molecule has 3 atom stereocenters. The maximum Gasteiger partial charge on any atom is 0.411 e. The average Bonchev–Trinajstić information content (AvgIpc) is 3.30. The van der Waals surface area contributed by atoms with Gasteiger partial charge >= 0.3 is 6.09 Å². The molecule has 2 saturated heterocycles. The van der Waals surface area contributed by atoms with Crippen LogP contribution in [0.4, 0.5) is 4.79 Å². The van der Waals surface area contributed by atoms with Crippen molar-refractivity contribution in [3.8, 4) is 11.9 Å². The quantitative estimate of drug-likeness (QED) is 0.498. The van der Waals surface area contributed by atoms with Gasteiger partial charge in [-0.3, -0.25) is 9.69 Å². The van der Waals surface area contributed by atoms with Gasteiger partial charge in [-0.05, 0) is 57.9 Å². The molecule has 196 valence electrons. The first-order valence-corrected chi connectivity index (χ1v) is 13.0. The number of nitrogens with zero attached hydrogens (tertiary/aromatic N) is 4. The minimum atomic E-state index is -1.25. The third kappa shape index (κ3) is 5.48. The minimum Gasteiger partial charge on any atom is -0.472 e. The molecule has 2 aromatic rings. The molecule has 2 aliphatic rings. The molecular weight excluding hydrogens is 515 g/mol. The number of aromatic nitrogens is 1. The van der Waals surface area contributed by atoms with Crippen LogP contribution in [0.25, 0.3) is 0 Å². The summed E-state index contributed by atoms with van der Waals surface area (Å²) in [5.74, 6) is 0.181.